The zero-order valence-electron chi connectivity index (χ0n) is 11.1. The lowest BCUT2D eigenvalue weighted by Crippen LogP contribution is -2.33. The lowest BCUT2D eigenvalue weighted by atomic mass is 9.78. The predicted molar refractivity (Wildman–Crippen MR) is 70.5 cm³/mol. The van der Waals surface area contributed by atoms with Crippen LogP contribution in [0.25, 0.3) is 0 Å². The van der Waals surface area contributed by atoms with Gasteiger partial charge >= 0.3 is 5.97 Å². The number of ketones is 1. The molecule has 0 heterocycles. The second kappa shape index (κ2) is 6.34. The van der Waals surface area contributed by atoms with Gasteiger partial charge in [0, 0.05) is 11.5 Å². The van der Waals surface area contributed by atoms with E-state index in [4.69, 9.17) is 0 Å². The molecule has 0 amide bonds. The molecule has 1 aromatic carbocycles. The Balaban J connectivity index is 3.02. The molecule has 3 nitrogen and oxygen atoms in total. The Kier molecular flexibility index (Phi) is 5.08. The van der Waals surface area contributed by atoms with Gasteiger partial charge in [-0.3, -0.25) is 9.59 Å². The number of carboxylic acid groups (broad SMARTS) is 1. The zero-order chi connectivity index (χ0) is 13.7. The van der Waals surface area contributed by atoms with Crippen LogP contribution in [-0.4, -0.2) is 16.9 Å². The largest absolute Gasteiger partial charge is 0.481 e. The fraction of sp³-hybridized carbons (Fsp3) is 0.467. The van der Waals surface area contributed by atoms with Crippen LogP contribution in [0.4, 0.5) is 0 Å². The minimum absolute atomic E-state index is 0.0555. The molecule has 0 aromatic heterocycles. The summed E-state index contributed by atoms with van der Waals surface area (Å²) in [4.78, 5) is 23.7. The third-order valence-electron chi connectivity index (χ3n) is 3.27. The standard InChI is InChI=1S/C15H20O3/c1-4-12(13(10(2)3)15(17)18)14(16)11-8-6-5-7-9-11/h5-10,12-13H,4H2,1-3H3,(H,17,18). The third-order valence-corrected chi connectivity index (χ3v) is 3.27. The van der Waals surface area contributed by atoms with Gasteiger partial charge in [-0.25, -0.2) is 0 Å². The van der Waals surface area contributed by atoms with Gasteiger partial charge in [0.05, 0.1) is 5.92 Å². The van der Waals surface area contributed by atoms with E-state index in [0.29, 0.717) is 12.0 Å². The van der Waals surface area contributed by atoms with E-state index < -0.39 is 17.8 Å². The van der Waals surface area contributed by atoms with Crippen molar-refractivity contribution >= 4 is 11.8 Å². The summed E-state index contributed by atoms with van der Waals surface area (Å²) in [6, 6.07) is 8.92. The van der Waals surface area contributed by atoms with Crippen molar-refractivity contribution in [2.75, 3.05) is 0 Å². The maximum atomic E-state index is 12.4. The monoisotopic (exact) mass is 248 g/mol. The Labute approximate surface area is 108 Å². The minimum Gasteiger partial charge on any atom is -0.481 e. The lowest BCUT2D eigenvalue weighted by molar-refractivity contribution is -0.144. The van der Waals surface area contributed by atoms with Crippen molar-refractivity contribution in [1.82, 2.24) is 0 Å². The minimum atomic E-state index is -0.888. The van der Waals surface area contributed by atoms with Gasteiger partial charge in [-0.2, -0.15) is 0 Å². The van der Waals surface area contributed by atoms with Crippen molar-refractivity contribution in [2.45, 2.75) is 27.2 Å². The van der Waals surface area contributed by atoms with Gasteiger partial charge in [0.1, 0.15) is 0 Å². The second-order valence-corrected chi connectivity index (χ2v) is 4.85. The van der Waals surface area contributed by atoms with Crippen molar-refractivity contribution in [1.29, 1.82) is 0 Å². The number of rotatable bonds is 6. The summed E-state index contributed by atoms with van der Waals surface area (Å²) < 4.78 is 0. The first-order chi connectivity index (χ1) is 8.49. The average molecular weight is 248 g/mol. The molecule has 0 saturated carbocycles. The normalized spacial score (nSPS) is 14.2. The van der Waals surface area contributed by atoms with Crippen LogP contribution in [0.5, 0.6) is 0 Å². The molecule has 2 atom stereocenters. The van der Waals surface area contributed by atoms with Gasteiger partial charge in [0.2, 0.25) is 0 Å². The van der Waals surface area contributed by atoms with Crippen molar-refractivity contribution < 1.29 is 14.7 Å². The average Bonchev–Trinajstić information content (AvgIpc) is 2.35. The predicted octanol–water partition coefficient (Wildman–Crippen LogP) is 3.25. The van der Waals surface area contributed by atoms with Crippen LogP contribution in [0.1, 0.15) is 37.6 Å². The number of hydrogen-bond donors (Lipinski definition) is 1. The van der Waals surface area contributed by atoms with Gasteiger partial charge in [0.25, 0.3) is 0 Å². The smallest absolute Gasteiger partial charge is 0.307 e. The molecule has 18 heavy (non-hydrogen) atoms. The fourth-order valence-electron chi connectivity index (χ4n) is 2.34. The summed E-state index contributed by atoms with van der Waals surface area (Å²) in [7, 11) is 0. The Bertz CT molecular complexity index is 409. The highest BCUT2D eigenvalue weighted by Crippen LogP contribution is 2.27. The van der Waals surface area contributed by atoms with Crippen molar-refractivity contribution in [3.05, 3.63) is 35.9 Å². The van der Waals surface area contributed by atoms with Crippen LogP contribution in [0.15, 0.2) is 30.3 Å². The SMILES string of the molecule is CCC(C(=O)c1ccccc1)C(C(=O)O)C(C)C. The molecule has 0 aliphatic heterocycles. The molecule has 0 aliphatic carbocycles. The van der Waals surface area contributed by atoms with E-state index in [0.717, 1.165) is 0 Å². The van der Waals surface area contributed by atoms with Gasteiger partial charge in [-0.05, 0) is 12.3 Å². The molecule has 0 saturated heterocycles. The molecule has 1 N–H and O–H groups in total. The van der Waals surface area contributed by atoms with E-state index in [1.165, 1.54) is 0 Å². The van der Waals surface area contributed by atoms with E-state index in [1.807, 2.05) is 26.8 Å². The number of benzene rings is 1. The van der Waals surface area contributed by atoms with Crippen LogP contribution >= 0.6 is 0 Å². The fourth-order valence-corrected chi connectivity index (χ4v) is 2.34. The lowest BCUT2D eigenvalue weighted by Gasteiger charge is -2.24. The molecule has 0 radical (unpaired) electrons. The van der Waals surface area contributed by atoms with Crippen molar-refractivity contribution in [2.24, 2.45) is 17.8 Å². The summed E-state index contributed by atoms with van der Waals surface area (Å²) in [6.07, 6.45) is 0.545. The van der Waals surface area contributed by atoms with Crippen molar-refractivity contribution in [3.63, 3.8) is 0 Å². The van der Waals surface area contributed by atoms with Gasteiger partial charge in [-0.15, -0.1) is 0 Å². The number of hydrogen-bond acceptors (Lipinski definition) is 2. The Morgan fingerprint density at radius 1 is 1.17 bits per heavy atom. The molecule has 3 heteroatoms. The van der Waals surface area contributed by atoms with Gasteiger partial charge in [-0.1, -0.05) is 51.1 Å². The van der Waals surface area contributed by atoms with Crippen molar-refractivity contribution in [3.8, 4) is 0 Å². The first kappa shape index (κ1) is 14.4. The Hall–Kier alpha value is -1.64. The van der Waals surface area contributed by atoms with Crippen LogP contribution in [-0.2, 0) is 4.79 Å². The van der Waals surface area contributed by atoms with Crippen LogP contribution in [0.3, 0.4) is 0 Å². The summed E-state index contributed by atoms with van der Waals surface area (Å²) in [5.41, 5.74) is 0.594. The second-order valence-electron chi connectivity index (χ2n) is 4.85. The summed E-state index contributed by atoms with van der Waals surface area (Å²) in [5.74, 6) is -2.09. The highest BCUT2D eigenvalue weighted by molar-refractivity contribution is 5.99. The van der Waals surface area contributed by atoms with Crippen LogP contribution < -0.4 is 0 Å². The number of carboxylic acids is 1. The quantitative estimate of drug-likeness (QED) is 0.786. The highest BCUT2D eigenvalue weighted by Gasteiger charge is 2.34. The molecule has 0 spiro atoms. The number of carbonyl (C=O) groups excluding carboxylic acids is 1. The van der Waals surface area contributed by atoms with E-state index >= 15 is 0 Å². The summed E-state index contributed by atoms with van der Waals surface area (Å²) >= 11 is 0. The topological polar surface area (TPSA) is 54.4 Å². The molecular weight excluding hydrogens is 228 g/mol. The third kappa shape index (κ3) is 3.19. The molecule has 0 fully saturated rings. The number of carbonyl (C=O) groups is 2. The highest BCUT2D eigenvalue weighted by atomic mass is 16.4. The zero-order valence-corrected chi connectivity index (χ0v) is 11.1. The van der Waals surface area contributed by atoms with E-state index in [9.17, 15) is 14.7 Å². The first-order valence-electron chi connectivity index (χ1n) is 6.31. The van der Waals surface area contributed by atoms with Crippen LogP contribution in [0, 0.1) is 17.8 Å². The maximum Gasteiger partial charge on any atom is 0.307 e. The van der Waals surface area contributed by atoms with E-state index in [-0.39, 0.29) is 11.7 Å². The van der Waals surface area contributed by atoms with Crippen LogP contribution in [0.2, 0.25) is 0 Å². The molecule has 98 valence electrons. The summed E-state index contributed by atoms with van der Waals surface area (Å²) in [5, 5.41) is 9.29. The molecular formula is C15H20O3. The Morgan fingerprint density at radius 3 is 2.11 bits per heavy atom. The molecule has 0 bridgehead atoms. The maximum absolute atomic E-state index is 12.4. The molecule has 2 unspecified atom stereocenters. The van der Waals surface area contributed by atoms with E-state index in [1.54, 1.807) is 24.3 Å². The van der Waals surface area contributed by atoms with Gasteiger partial charge in [0.15, 0.2) is 5.78 Å². The molecule has 0 aliphatic rings. The number of Topliss-reactive ketones (excluding diaryl/α,β-unsaturated/α-hetero) is 1. The first-order valence-corrected chi connectivity index (χ1v) is 6.31. The number of aliphatic carboxylic acids is 1. The van der Waals surface area contributed by atoms with Gasteiger partial charge < -0.3 is 5.11 Å². The molecule has 1 rings (SSSR count). The Morgan fingerprint density at radius 2 is 1.72 bits per heavy atom. The molecule has 1 aromatic rings. The van der Waals surface area contributed by atoms with E-state index in [2.05, 4.69) is 0 Å². The summed E-state index contributed by atoms with van der Waals surface area (Å²) in [6.45, 7) is 5.56.